The van der Waals surface area contributed by atoms with Gasteiger partial charge in [-0.05, 0) is 19.4 Å². The highest BCUT2D eigenvalue weighted by atomic mass is 16.4. The molecule has 0 aromatic carbocycles. The first-order valence-electron chi connectivity index (χ1n) is 5.22. The van der Waals surface area contributed by atoms with Gasteiger partial charge in [-0.3, -0.25) is 9.80 Å². The fourth-order valence-corrected chi connectivity index (χ4v) is 2.46. The van der Waals surface area contributed by atoms with Crippen molar-refractivity contribution in [2.75, 3.05) is 32.7 Å². The molecule has 1 unspecified atom stereocenters. The second-order valence-electron chi connectivity index (χ2n) is 4.16. The van der Waals surface area contributed by atoms with Gasteiger partial charge in [0.2, 0.25) is 0 Å². The zero-order valence-corrected chi connectivity index (χ0v) is 8.39. The van der Waals surface area contributed by atoms with Crippen molar-refractivity contribution in [3.8, 4) is 0 Å². The number of nitrogens with zero attached hydrogens (tertiary/aromatic N) is 3. The minimum absolute atomic E-state index is 0.316. The van der Waals surface area contributed by atoms with E-state index in [1.807, 2.05) is 0 Å². The van der Waals surface area contributed by atoms with E-state index in [2.05, 4.69) is 15.0 Å². The molecule has 0 aliphatic carbocycles. The zero-order chi connectivity index (χ0) is 9.97. The lowest BCUT2D eigenvalue weighted by molar-refractivity contribution is 0.116. The topological polar surface area (TPSA) is 65.1 Å². The number of rotatable bonds is 2. The SMILES string of the molecule is NC(CN1CCN2CCCC2C1)=NO. The van der Waals surface area contributed by atoms with Gasteiger partial charge in [-0.2, -0.15) is 0 Å². The van der Waals surface area contributed by atoms with Crippen LogP contribution >= 0.6 is 0 Å². The Labute approximate surface area is 84.2 Å². The monoisotopic (exact) mass is 198 g/mol. The summed E-state index contributed by atoms with van der Waals surface area (Å²) in [5, 5.41) is 11.5. The molecule has 2 rings (SSSR count). The molecular formula is C9H18N4O. The molecule has 0 saturated carbocycles. The van der Waals surface area contributed by atoms with Crippen molar-refractivity contribution in [1.29, 1.82) is 0 Å². The van der Waals surface area contributed by atoms with Crippen LogP contribution in [0.3, 0.4) is 0 Å². The highest BCUT2D eigenvalue weighted by Gasteiger charge is 2.30. The third-order valence-electron chi connectivity index (χ3n) is 3.19. The lowest BCUT2D eigenvalue weighted by atomic mass is 10.1. The van der Waals surface area contributed by atoms with Gasteiger partial charge in [0.05, 0.1) is 6.54 Å². The molecule has 5 nitrogen and oxygen atoms in total. The van der Waals surface area contributed by atoms with E-state index in [0.717, 1.165) is 19.6 Å². The van der Waals surface area contributed by atoms with Gasteiger partial charge in [-0.15, -0.1) is 0 Å². The number of oxime groups is 1. The lowest BCUT2D eigenvalue weighted by Gasteiger charge is -2.37. The van der Waals surface area contributed by atoms with Crippen molar-refractivity contribution in [2.24, 2.45) is 10.9 Å². The summed E-state index contributed by atoms with van der Waals surface area (Å²) in [6.45, 7) is 5.08. The molecule has 2 aliphatic rings. The quantitative estimate of drug-likeness (QED) is 0.272. The summed E-state index contributed by atoms with van der Waals surface area (Å²) in [4.78, 5) is 4.81. The minimum atomic E-state index is 0.316. The van der Waals surface area contributed by atoms with Crippen molar-refractivity contribution < 1.29 is 5.21 Å². The molecule has 14 heavy (non-hydrogen) atoms. The van der Waals surface area contributed by atoms with Gasteiger partial charge in [0, 0.05) is 25.7 Å². The molecule has 0 spiro atoms. The maximum absolute atomic E-state index is 8.48. The fraction of sp³-hybridized carbons (Fsp3) is 0.889. The molecule has 0 aromatic rings. The van der Waals surface area contributed by atoms with E-state index in [-0.39, 0.29) is 0 Å². The molecule has 80 valence electrons. The van der Waals surface area contributed by atoms with Crippen LogP contribution in [0.1, 0.15) is 12.8 Å². The molecule has 2 aliphatic heterocycles. The van der Waals surface area contributed by atoms with Gasteiger partial charge in [-0.25, -0.2) is 0 Å². The van der Waals surface area contributed by atoms with Gasteiger partial charge < -0.3 is 10.9 Å². The van der Waals surface area contributed by atoms with Crippen molar-refractivity contribution in [3.63, 3.8) is 0 Å². The Morgan fingerprint density at radius 3 is 3.07 bits per heavy atom. The Kier molecular flexibility index (Phi) is 2.88. The van der Waals surface area contributed by atoms with Crippen LogP contribution in [0.15, 0.2) is 5.16 Å². The van der Waals surface area contributed by atoms with Crippen LogP contribution in [0.4, 0.5) is 0 Å². The fourth-order valence-electron chi connectivity index (χ4n) is 2.46. The Morgan fingerprint density at radius 2 is 2.29 bits per heavy atom. The lowest BCUT2D eigenvalue weighted by Crippen LogP contribution is -2.52. The van der Waals surface area contributed by atoms with E-state index in [1.54, 1.807) is 0 Å². The van der Waals surface area contributed by atoms with Crippen LogP contribution < -0.4 is 5.73 Å². The average molecular weight is 198 g/mol. The summed E-state index contributed by atoms with van der Waals surface area (Å²) in [6, 6.07) is 0.704. The molecule has 0 bridgehead atoms. The average Bonchev–Trinajstić information content (AvgIpc) is 2.64. The van der Waals surface area contributed by atoms with Crippen molar-refractivity contribution in [2.45, 2.75) is 18.9 Å². The number of fused-ring (bicyclic) bond motifs is 1. The Hall–Kier alpha value is -0.810. The van der Waals surface area contributed by atoms with Crippen LogP contribution in [-0.2, 0) is 0 Å². The summed E-state index contributed by atoms with van der Waals surface area (Å²) in [7, 11) is 0. The predicted octanol–water partition coefficient (Wildman–Crippen LogP) is -0.487. The molecule has 0 amide bonds. The van der Waals surface area contributed by atoms with Crippen LogP contribution in [0.2, 0.25) is 0 Å². The van der Waals surface area contributed by atoms with Gasteiger partial charge in [0.25, 0.3) is 0 Å². The maximum Gasteiger partial charge on any atom is 0.153 e. The highest BCUT2D eigenvalue weighted by Crippen LogP contribution is 2.20. The number of hydrogen-bond acceptors (Lipinski definition) is 4. The van der Waals surface area contributed by atoms with E-state index in [1.165, 1.54) is 19.4 Å². The minimum Gasteiger partial charge on any atom is -0.409 e. The van der Waals surface area contributed by atoms with Crippen LogP contribution in [0.25, 0.3) is 0 Å². The molecule has 0 radical (unpaired) electrons. The Bertz CT molecular complexity index is 231. The van der Waals surface area contributed by atoms with Gasteiger partial charge in [-0.1, -0.05) is 5.16 Å². The Balaban J connectivity index is 1.85. The van der Waals surface area contributed by atoms with Crippen LogP contribution in [-0.4, -0.2) is 59.6 Å². The normalized spacial score (nSPS) is 30.6. The molecule has 0 aromatic heterocycles. The van der Waals surface area contributed by atoms with Gasteiger partial charge >= 0.3 is 0 Å². The molecule has 5 heteroatoms. The van der Waals surface area contributed by atoms with Crippen LogP contribution in [0, 0.1) is 0 Å². The van der Waals surface area contributed by atoms with Gasteiger partial charge in [0.1, 0.15) is 0 Å². The maximum atomic E-state index is 8.48. The molecule has 2 fully saturated rings. The first kappa shape index (κ1) is 9.73. The van der Waals surface area contributed by atoms with E-state index in [9.17, 15) is 0 Å². The molecular weight excluding hydrogens is 180 g/mol. The standard InChI is InChI=1S/C9H18N4O/c10-9(11-14)7-12-4-5-13-3-1-2-8(13)6-12/h8,14H,1-7H2,(H2,10,11). The summed E-state index contributed by atoms with van der Waals surface area (Å²) >= 11 is 0. The largest absolute Gasteiger partial charge is 0.409 e. The van der Waals surface area contributed by atoms with E-state index >= 15 is 0 Å². The summed E-state index contributed by atoms with van der Waals surface area (Å²) in [5.41, 5.74) is 5.49. The van der Waals surface area contributed by atoms with Crippen molar-refractivity contribution in [3.05, 3.63) is 0 Å². The summed E-state index contributed by atoms with van der Waals surface area (Å²) in [6.07, 6.45) is 2.62. The smallest absolute Gasteiger partial charge is 0.153 e. The predicted molar refractivity (Wildman–Crippen MR) is 54.4 cm³/mol. The summed E-state index contributed by atoms with van der Waals surface area (Å²) in [5.74, 6) is 0.316. The van der Waals surface area contributed by atoms with Crippen molar-refractivity contribution in [1.82, 2.24) is 9.80 Å². The zero-order valence-electron chi connectivity index (χ0n) is 8.39. The van der Waals surface area contributed by atoms with E-state index in [4.69, 9.17) is 10.9 Å². The number of nitrogens with two attached hydrogens (primary N) is 1. The van der Waals surface area contributed by atoms with Crippen LogP contribution in [0.5, 0.6) is 0 Å². The van der Waals surface area contributed by atoms with Crippen molar-refractivity contribution >= 4 is 5.84 Å². The molecule has 1 atom stereocenters. The molecule has 3 N–H and O–H groups in total. The molecule has 2 saturated heterocycles. The molecule has 2 heterocycles. The van der Waals surface area contributed by atoms with E-state index in [0.29, 0.717) is 18.4 Å². The second-order valence-corrected chi connectivity index (χ2v) is 4.16. The second kappa shape index (κ2) is 4.14. The Morgan fingerprint density at radius 1 is 1.43 bits per heavy atom. The first-order valence-corrected chi connectivity index (χ1v) is 5.22. The number of amidine groups is 1. The third kappa shape index (κ3) is 1.99. The van der Waals surface area contributed by atoms with Gasteiger partial charge in [0.15, 0.2) is 5.84 Å². The highest BCUT2D eigenvalue weighted by molar-refractivity contribution is 5.81. The number of hydrogen-bond donors (Lipinski definition) is 2. The number of piperazine rings is 1. The summed E-state index contributed by atoms with van der Waals surface area (Å²) < 4.78 is 0. The van der Waals surface area contributed by atoms with E-state index < -0.39 is 0 Å². The third-order valence-corrected chi connectivity index (χ3v) is 3.19. The first-order chi connectivity index (χ1) is 6.79.